The minimum absolute atomic E-state index is 0.0147. The van der Waals surface area contributed by atoms with Gasteiger partial charge in [0.2, 0.25) is 5.91 Å². The molecule has 1 aliphatic heterocycles. The van der Waals surface area contributed by atoms with Crippen LogP contribution in [0.4, 0.5) is 5.69 Å². The number of fused-ring (bicyclic) bond motifs is 1. The summed E-state index contributed by atoms with van der Waals surface area (Å²) >= 11 is 0. The molecule has 0 aliphatic carbocycles. The van der Waals surface area contributed by atoms with E-state index < -0.39 is 4.92 Å². The third kappa shape index (κ3) is 5.34. The van der Waals surface area contributed by atoms with Gasteiger partial charge in [-0.25, -0.2) is 0 Å². The number of benzene rings is 2. The molecule has 7 heteroatoms. The van der Waals surface area contributed by atoms with Crippen LogP contribution in [0.2, 0.25) is 0 Å². The van der Waals surface area contributed by atoms with E-state index in [4.69, 9.17) is 9.47 Å². The largest absolute Gasteiger partial charge is 0.490 e. The summed E-state index contributed by atoms with van der Waals surface area (Å²) in [6, 6.07) is 11.6. The maximum Gasteiger partial charge on any atom is 0.269 e. The SMILES string of the molecule is CC(C)C(NC(=O)/C=C/c1ccc([N+](=O)[O-])cc1)c1ccc2c(c1)OCCCO2. The summed E-state index contributed by atoms with van der Waals surface area (Å²) in [6.45, 7) is 5.30. The van der Waals surface area contributed by atoms with E-state index in [1.165, 1.54) is 18.2 Å². The van der Waals surface area contributed by atoms with E-state index in [0.717, 1.165) is 17.7 Å². The van der Waals surface area contributed by atoms with Crippen molar-refractivity contribution in [3.05, 3.63) is 69.8 Å². The molecule has 0 aromatic heterocycles. The Labute approximate surface area is 169 Å². The number of amides is 1. The van der Waals surface area contributed by atoms with Gasteiger partial charge in [-0.05, 0) is 47.4 Å². The minimum atomic E-state index is -0.456. The van der Waals surface area contributed by atoms with Gasteiger partial charge in [-0.1, -0.05) is 19.9 Å². The van der Waals surface area contributed by atoms with Gasteiger partial charge < -0.3 is 14.8 Å². The number of non-ortho nitro benzene ring substituents is 1. The fraction of sp³-hybridized carbons (Fsp3) is 0.318. The fourth-order valence-corrected chi connectivity index (χ4v) is 3.09. The van der Waals surface area contributed by atoms with Gasteiger partial charge in [0.25, 0.3) is 5.69 Å². The van der Waals surface area contributed by atoms with Crippen molar-refractivity contribution >= 4 is 17.7 Å². The van der Waals surface area contributed by atoms with E-state index in [0.29, 0.717) is 24.5 Å². The molecule has 0 radical (unpaired) electrons. The molecule has 7 nitrogen and oxygen atoms in total. The first-order valence-corrected chi connectivity index (χ1v) is 9.56. The van der Waals surface area contributed by atoms with Gasteiger partial charge in [0.1, 0.15) is 0 Å². The molecule has 29 heavy (non-hydrogen) atoms. The molecule has 1 unspecified atom stereocenters. The zero-order valence-electron chi connectivity index (χ0n) is 16.5. The second-order valence-electron chi connectivity index (χ2n) is 7.17. The summed E-state index contributed by atoms with van der Waals surface area (Å²) in [5, 5.41) is 13.7. The lowest BCUT2D eigenvalue weighted by Crippen LogP contribution is -2.30. The zero-order chi connectivity index (χ0) is 20.8. The molecular weight excluding hydrogens is 372 g/mol. The number of nitrogens with zero attached hydrogens (tertiary/aromatic N) is 1. The number of nitro groups is 1. The molecule has 0 fully saturated rings. The number of hydrogen-bond donors (Lipinski definition) is 1. The number of hydrogen-bond acceptors (Lipinski definition) is 5. The van der Waals surface area contributed by atoms with E-state index in [-0.39, 0.29) is 23.6 Å². The van der Waals surface area contributed by atoms with Crippen molar-refractivity contribution in [2.45, 2.75) is 26.3 Å². The second kappa shape index (κ2) is 9.23. The predicted molar refractivity (Wildman–Crippen MR) is 110 cm³/mol. The summed E-state index contributed by atoms with van der Waals surface area (Å²) < 4.78 is 11.4. The summed E-state index contributed by atoms with van der Waals surface area (Å²) in [6.07, 6.45) is 3.89. The molecule has 152 valence electrons. The zero-order valence-corrected chi connectivity index (χ0v) is 16.5. The number of nitro benzene ring substituents is 1. The van der Waals surface area contributed by atoms with E-state index in [1.807, 2.05) is 32.0 Å². The monoisotopic (exact) mass is 396 g/mol. The molecule has 0 bridgehead atoms. The van der Waals surface area contributed by atoms with Gasteiger partial charge in [0, 0.05) is 24.6 Å². The van der Waals surface area contributed by atoms with Crippen LogP contribution in [-0.4, -0.2) is 24.0 Å². The van der Waals surface area contributed by atoms with Gasteiger partial charge in [-0.3, -0.25) is 14.9 Å². The Bertz CT molecular complexity index is 906. The topological polar surface area (TPSA) is 90.7 Å². The lowest BCUT2D eigenvalue weighted by Gasteiger charge is -2.23. The van der Waals surface area contributed by atoms with E-state index >= 15 is 0 Å². The number of carbonyl (C=O) groups excluding carboxylic acids is 1. The van der Waals surface area contributed by atoms with Crippen LogP contribution in [0.3, 0.4) is 0 Å². The standard InChI is InChI=1S/C22H24N2O5/c1-15(2)22(17-7-10-19-20(14-17)29-13-3-12-28-19)23-21(25)11-6-16-4-8-18(9-5-16)24(26)27/h4-11,14-15,22H,3,12-13H2,1-2H3,(H,23,25)/b11-6+. The molecule has 2 aromatic carbocycles. The molecule has 1 N–H and O–H groups in total. The van der Waals surface area contributed by atoms with E-state index in [2.05, 4.69) is 5.32 Å². The molecular formula is C22H24N2O5. The molecule has 1 heterocycles. The maximum absolute atomic E-state index is 12.5. The van der Waals surface area contributed by atoms with Crippen LogP contribution in [0.5, 0.6) is 11.5 Å². The molecule has 1 aliphatic rings. The first-order chi connectivity index (χ1) is 13.9. The molecule has 0 spiro atoms. The Morgan fingerprint density at radius 1 is 1.10 bits per heavy atom. The van der Waals surface area contributed by atoms with Crippen molar-refractivity contribution in [3.63, 3.8) is 0 Å². The van der Waals surface area contributed by atoms with Crippen molar-refractivity contribution in [1.29, 1.82) is 0 Å². The van der Waals surface area contributed by atoms with E-state index in [1.54, 1.807) is 18.2 Å². The second-order valence-corrected chi connectivity index (χ2v) is 7.17. The average Bonchev–Trinajstić information content (AvgIpc) is 2.95. The highest BCUT2D eigenvalue weighted by Crippen LogP contribution is 2.34. The highest BCUT2D eigenvalue weighted by Gasteiger charge is 2.20. The molecule has 3 rings (SSSR count). The van der Waals surface area contributed by atoms with Crippen molar-refractivity contribution in [2.75, 3.05) is 13.2 Å². The third-order valence-electron chi connectivity index (χ3n) is 4.63. The molecule has 0 saturated heterocycles. The van der Waals surface area contributed by atoms with Crippen LogP contribution in [0, 0.1) is 16.0 Å². The normalized spacial score (nSPS) is 14.4. The van der Waals surface area contributed by atoms with Crippen molar-refractivity contribution in [2.24, 2.45) is 5.92 Å². The van der Waals surface area contributed by atoms with Crippen LogP contribution in [-0.2, 0) is 4.79 Å². The Kier molecular flexibility index (Phi) is 6.49. The average molecular weight is 396 g/mol. The molecule has 1 atom stereocenters. The smallest absolute Gasteiger partial charge is 0.269 e. The summed E-state index contributed by atoms with van der Waals surface area (Å²) in [5.41, 5.74) is 1.67. The van der Waals surface area contributed by atoms with E-state index in [9.17, 15) is 14.9 Å². The van der Waals surface area contributed by atoms with Crippen molar-refractivity contribution < 1.29 is 19.2 Å². The minimum Gasteiger partial charge on any atom is -0.490 e. The first kappa shape index (κ1) is 20.4. The lowest BCUT2D eigenvalue weighted by atomic mass is 9.95. The van der Waals surface area contributed by atoms with Crippen LogP contribution in [0.15, 0.2) is 48.5 Å². The first-order valence-electron chi connectivity index (χ1n) is 9.56. The Hall–Kier alpha value is -3.35. The third-order valence-corrected chi connectivity index (χ3v) is 4.63. The predicted octanol–water partition coefficient (Wildman–Crippen LogP) is 4.28. The highest BCUT2D eigenvalue weighted by atomic mass is 16.6. The number of rotatable bonds is 6. The highest BCUT2D eigenvalue weighted by molar-refractivity contribution is 5.92. The molecule has 0 saturated carbocycles. The van der Waals surface area contributed by atoms with Crippen LogP contribution in [0.1, 0.15) is 37.4 Å². The van der Waals surface area contributed by atoms with Crippen LogP contribution < -0.4 is 14.8 Å². The van der Waals surface area contributed by atoms with Gasteiger partial charge in [0.15, 0.2) is 11.5 Å². The van der Waals surface area contributed by atoms with Gasteiger partial charge in [-0.2, -0.15) is 0 Å². The number of carbonyl (C=O) groups is 1. The Morgan fingerprint density at radius 2 is 1.79 bits per heavy atom. The quantitative estimate of drug-likeness (QED) is 0.447. The maximum atomic E-state index is 12.5. The lowest BCUT2D eigenvalue weighted by molar-refractivity contribution is -0.384. The van der Waals surface area contributed by atoms with Gasteiger partial charge in [-0.15, -0.1) is 0 Å². The van der Waals surface area contributed by atoms with Gasteiger partial charge >= 0.3 is 0 Å². The number of nitrogens with one attached hydrogen (secondary N) is 1. The Balaban J connectivity index is 1.71. The van der Waals surface area contributed by atoms with Crippen LogP contribution >= 0.6 is 0 Å². The molecule has 2 aromatic rings. The number of ether oxygens (including phenoxy) is 2. The molecule has 1 amide bonds. The van der Waals surface area contributed by atoms with Crippen molar-refractivity contribution in [1.82, 2.24) is 5.32 Å². The summed E-state index contributed by atoms with van der Waals surface area (Å²) in [4.78, 5) is 22.7. The van der Waals surface area contributed by atoms with Crippen molar-refractivity contribution in [3.8, 4) is 11.5 Å². The summed E-state index contributed by atoms with van der Waals surface area (Å²) in [5.74, 6) is 1.34. The Morgan fingerprint density at radius 3 is 2.45 bits per heavy atom. The fourth-order valence-electron chi connectivity index (χ4n) is 3.09. The summed E-state index contributed by atoms with van der Waals surface area (Å²) in [7, 11) is 0. The van der Waals surface area contributed by atoms with Crippen LogP contribution in [0.25, 0.3) is 6.08 Å². The van der Waals surface area contributed by atoms with Gasteiger partial charge in [0.05, 0.1) is 24.2 Å².